The number of aliphatic carboxylic acids is 1. The van der Waals surface area contributed by atoms with Crippen LogP contribution in [-0.2, 0) is 14.0 Å². The third-order valence-electron chi connectivity index (χ3n) is 5.80. The van der Waals surface area contributed by atoms with Crippen molar-refractivity contribution in [1.82, 2.24) is 5.32 Å². The first-order valence-electron chi connectivity index (χ1n) is 11.8. The van der Waals surface area contributed by atoms with E-state index < -0.39 is 51.0 Å². The van der Waals surface area contributed by atoms with Crippen LogP contribution >= 0.6 is 0 Å². The molecular weight excluding hydrogens is 465 g/mol. The highest BCUT2D eigenvalue weighted by atomic mass is 28.4. The van der Waals surface area contributed by atoms with E-state index in [0.29, 0.717) is 0 Å². The van der Waals surface area contributed by atoms with Crippen molar-refractivity contribution in [2.45, 2.75) is 64.6 Å². The number of carboxylic acid groups (broad SMARTS) is 1. The lowest BCUT2D eigenvalue weighted by molar-refractivity contribution is -0.138. The summed E-state index contributed by atoms with van der Waals surface area (Å²) in [5, 5.41) is 13.8. The molecule has 0 saturated carbocycles. The van der Waals surface area contributed by atoms with E-state index in [1.165, 1.54) is 0 Å². The van der Waals surface area contributed by atoms with Gasteiger partial charge < -0.3 is 19.6 Å². The van der Waals surface area contributed by atoms with E-state index >= 15 is 0 Å². The molecule has 6 nitrogen and oxygen atoms in total. The number of rotatable bonds is 10. The number of halogens is 1. The molecule has 0 spiro atoms. The van der Waals surface area contributed by atoms with Gasteiger partial charge in [0.25, 0.3) is 8.32 Å². The Kier molecular flexibility index (Phi) is 9.63. The maximum absolute atomic E-state index is 14.1. The van der Waals surface area contributed by atoms with E-state index in [1.54, 1.807) is 20.8 Å². The topological polar surface area (TPSA) is 84.9 Å². The van der Waals surface area contributed by atoms with Gasteiger partial charge in [-0.05, 0) is 36.2 Å². The summed E-state index contributed by atoms with van der Waals surface area (Å²) in [5.74, 6) is -2.12. The maximum Gasteiger partial charge on any atom is 0.407 e. The van der Waals surface area contributed by atoms with Crippen LogP contribution in [0, 0.1) is 5.92 Å². The van der Waals surface area contributed by atoms with Gasteiger partial charge in [-0.15, -0.1) is 0 Å². The smallest absolute Gasteiger partial charge is 0.407 e. The second-order valence-electron chi connectivity index (χ2n) is 10.7. The number of carbonyl (C=O) groups is 2. The molecule has 35 heavy (non-hydrogen) atoms. The zero-order valence-corrected chi connectivity index (χ0v) is 22.5. The normalized spacial score (nSPS) is 14.1. The molecule has 2 aromatic carbocycles. The summed E-state index contributed by atoms with van der Waals surface area (Å²) in [6.45, 7) is 10.5. The first kappa shape index (κ1) is 28.5. The number of alkyl carbamates (subject to hydrolysis) is 1. The third-order valence-corrected chi connectivity index (χ3v) is 10.8. The number of nitrogens with one attached hydrogen (secondary N) is 1. The van der Waals surface area contributed by atoms with Crippen LogP contribution in [0.15, 0.2) is 60.7 Å². The van der Waals surface area contributed by atoms with Crippen LogP contribution in [0.25, 0.3) is 0 Å². The van der Waals surface area contributed by atoms with Gasteiger partial charge in [0.1, 0.15) is 5.60 Å². The molecule has 0 bridgehead atoms. The van der Waals surface area contributed by atoms with Gasteiger partial charge in [-0.1, -0.05) is 81.4 Å². The molecule has 2 aromatic rings. The predicted molar refractivity (Wildman–Crippen MR) is 138 cm³/mol. The SMILES string of the molecule is CC(C)(C)OC(=O)N[C@H](CO[Si](c1ccccc1)(c1ccccc1)C(C)(C)C)[C@@H](CF)CC(=O)O. The Bertz CT molecular complexity index is 918. The third kappa shape index (κ3) is 7.63. The summed E-state index contributed by atoms with van der Waals surface area (Å²) in [6.07, 6.45) is -1.18. The van der Waals surface area contributed by atoms with Crippen molar-refractivity contribution in [1.29, 1.82) is 0 Å². The van der Waals surface area contributed by atoms with E-state index in [4.69, 9.17) is 9.16 Å². The lowest BCUT2D eigenvalue weighted by Gasteiger charge is -2.44. The Morgan fingerprint density at radius 3 is 1.80 bits per heavy atom. The van der Waals surface area contributed by atoms with Crippen molar-refractivity contribution in [2.24, 2.45) is 5.92 Å². The van der Waals surface area contributed by atoms with Crippen molar-refractivity contribution in [3.63, 3.8) is 0 Å². The van der Waals surface area contributed by atoms with Gasteiger partial charge in [0.05, 0.1) is 25.7 Å². The average molecular weight is 504 g/mol. The minimum Gasteiger partial charge on any atom is -0.481 e. The maximum atomic E-state index is 14.1. The minimum absolute atomic E-state index is 0.0611. The van der Waals surface area contributed by atoms with Gasteiger partial charge in [0, 0.05) is 5.92 Å². The number of carboxylic acids is 1. The Morgan fingerprint density at radius 2 is 1.43 bits per heavy atom. The molecule has 0 saturated heterocycles. The van der Waals surface area contributed by atoms with Crippen LogP contribution in [0.1, 0.15) is 48.0 Å². The van der Waals surface area contributed by atoms with Crippen molar-refractivity contribution in [3.05, 3.63) is 60.7 Å². The van der Waals surface area contributed by atoms with Crippen LogP contribution in [0.4, 0.5) is 9.18 Å². The van der Waals surface area contributed by atoms with Crippen LogP contribution in [0.2, 0.25) is 5.04 Å². The van der Waals surface area contributed by atoms with Crippen molar-refractivity contribution >= 4 is 30.8 Å². The quantitative estimate of drug-likeness (QED) is 0.466. The van der Waals surface area contributed by atoms with Crippen molar-refractivity contribution in [2.75, 3.05) is 13.3 Å². The van der Waals surface area contributed by atoms with Gasteiger partial charge in [0.15, 0.2) is 0 Å². The molecule has 0 aliphatic rings. The summed E-state index contributed by atoms with van der Waals surface area (Å²) < 4.78 is 26.3. The van der Waals surface area contributed by atoms with E-state index in [9.17, 15) is 19.1 Å². The Labute approximate surface area is 209 Å². The average Bonchev–Trinajstić information content (AvgIpc) is 2.76. The van der Waals surface area contributed by atoms with E-state index in [-0.39, 0.29) is 11.6 Å². The Hall–Kier alpha value is -2.71. The molecular formula is C27H38FNO5Si. The standard InChI is InChI=1S/C27H38FNO5Si/c1-26(2,3)34-25(32)29-23(20(18-28)17-24(30)31)19-33-35(27(4,5)6,21-13-9-7-10-14-21)22-15-11-8-12-16-22/h7-16,20,23H,17-19H2,1-6H3,(H,29,32)(H,30,31)/t20-,23-/m1/s1. The monoisotopic (exact) mass is 503 g/mol. The lowest BCUT2D eigenvalue weighted by Crippen LogP contribution is -2.67. The number of hydrogen-bond donors (Lipinski definition) is 2. The van der Waals surface area contributed by atoms with Crippen molar-refractivity contribution < 1.29 is 28.2 Å². The highest BCUT2D eigenvalue weighted by Gasteiger charge is 2.50. The second-order valence-corrected chi connectivity index (χ2v) is 15.0. The van der Waals surface area contributed by atoms with Gasteiger partial charge >= 0.3 is 12.1 Å². The molecule has 192 valence electrons. The molecule has 0 unspecified atom stereocenters. The predicted octanol–water partition coefficient (Wildman–Crippen LogP) is 4.52. The fraction of sp³-hybridized carbons (Fsp3) is 0.481. The minimum atomic E-state index is -2.97. The van der Waals surface area contributed by atoms with Gasteiger partial charge in [-0.2, -0.15) is 0 Å². The molecule has 2 N–H and O–H groups in total. The van der Waals surface area contributed by atoms with E-state index in [1.807, 2.05) is 60.7 Å². The number of hydrogen-bond acceptors (Lipinski definition) is 4. The number of ether oxygens (including phenoxy) is 1. The summed E-state index contributed by atoms with van der Waals surface area (Å²) in [4.78, 5) is 24.0. The van der Waals surface area contributed by atoms with Crippen LogP contribution in [-0.4, -0.2) is 50.4 Å². The molecule has 0 fully saturated rings. The molecule has 1 amide bonds. The van der Waals surface area contributed by atoms with Gasteiger partial charge in [-0.3, -0.25) is 9.18 Å². The number of alkyl halides is 1. The largest absolute Gasteiger partial charge is 0.481 e. The second kappa shape index (κ2) is 11.8. The van der Waals surface area contributed by atoms with E-state index in [2.05, 4.69) is 26.1 Å². The molecule has 8 heteroatoms. The van der Waals surface area contributed by atoms with Crippen LogP contribution < -0.4 is 15.7 Å². The summed E-state index contributed by atoms with van der Waals surface area (Å²) >= 11 is 0. The first-order valence-corrected chi connectivity index (χ1v) is 13.7. The fourth-order valence-electron chi connectivity index (χ4n) is 4.26. The van der Waals surface area contributed by atoms with Crippen LogP contribution in [0.3, 0.4) is 0 Å². The molecule has 0 heterocycles. The molecule has 2 atom stereocenters. The fourth-order valence-corrected chi connectivity index (χ4v) is 8.84. The number of amides is 1. The summed E-state index contributed by atoms with van der Waals surface area (Å²) in [5.41, 5.74) is -0.758. The zero-order valence-electron chi connectivity index (χ0n) is 21.5. The zero-order chi connectivity index (χ0) is 26.3. The molecule has 0 aromatic heterocycles. The van der Waals surface area contributed by atoms with Crippen LogP contribution in [0.5, 0.6) is 0 Å². The molecule has 0 radical (unpaired) electrons. The van der Waals surface area contributed by atoms with Crippen molar-refractivity contribution in [3.8, 4) is 0 Å². The Balaban J connectivity index is 2.52. The summed E-state index contributed by atoms with van der Waals surface area (Å²) in [6, 6.07) is 18.9. The molecule has 2 rings (SSSR count). The van der Waals surface area contributed by atoms with E-state index in [0.717, 1.165) is 10.4 Å². The van der Waals surface area contributed by atoms with Gasteiger partial charge in [0.2, 0.25) is 0 Å². The molecule has 0 aliphatic heterocycles. The highest BCUT2D eigenvalue weighted by molar-refractivity contribution is 6.99. The Morgan fingerprint density at radius 1 is 0.943 bits per heavy atom. The summed E-state index contributed by atoms with van der Waals surface area (Å²) in [7, 11) is -2.97. The van der Waals surface area contributed by atoms with Gasteiger partial charge in [-0.25, -0.2) is 4.79 Å². The highest BCUT2D eigenvalue weighted by Crippen LogP contribution is 2.37. The first-order chi connectivity index (χ1) is 16.3. The molecule has 0 aliphatic carbocycles. The lowest BCUT2D eigenvalue weighted by atomic mass is 9.98. The number of carbonyl (C=O) groups excluding carboxylic acids is 1. The number of benzene rings is 2.